The second kappa shape index (κ2) is 23.9. The van der Waals surface area contributed by atoms with Crippen molar-refractivity contribution in [2.24, 2.45) is 11.8 Å². The number of aromatic hydroxyl groups is 1. The molecule has 18 nitrogen and oxygen atoms in total. The summed E-state index contributed by atoms with van der Waals surface area (Å²) >= 11 is 9.31. The Hall–Kier alpha value is -7.56. The predicted molar refractivity (Wildman–Crippen MR) is 327 cm³/mol. The fourth-order valence-electron chi connectivity index (χ4n) is 10.7. The summed E-state index contributed by atoms with van der Waals surface area (Å²) in [4.78, 5) is 67.6. The van der Waals surface area contributed by atoms with Crippen LogP contribution in [0.3, 0.4) is 0 Å². The van der Waals surface area contributed by atoms with Crippen molar-refractivity contribution in [1.29, 1.82) is 0 Å². The Bertz CT molecular complexity index is 3950. The van der Waals surface area contributed by atoms with Gasteiger partial charge in [-0.25, -0.2) is 29.9 Å². The first-order valence-corrected chi connectivity index (χ1v) is 30.0. The molecule has 2 amide bonds. The molecule has 10 aromatic rings. The van der Waals surface area contributed by atoms with Crippen LogP contribution in [0.5, 0.6) is 11.5 Å². The van der Waals surface area contributed by atoms with Gasteiger partial charge in [-0.1, -0.05) is 48.5 Å². The van der Waals surface area contributed by atoms with Crippen molar-refractivity contribution in [2.75, 3.05) is 43.9 Å². The van der Waals surface area contributed by atoms with Crippen LogP contribution in [0.4, 0.5) is 11.9 Å². The fraction of sp³-hybridized carbons (Fsp3) is 0.288. The van der Waals surface area contributed by atoms with Gasteiger partial charge in [-0.2, -0.15) is 9.97 Å². The van der Waals surface area contributed by atoms with Crippen molar-refractivity contribution in [3.8, 4) is 46.2 Å². The molecular weight excluding hydrogens is 1220 g/mol. The Morgan fingerprint density at radius 2 is 1.02 bits per heavy atom. The van der Waals surface area contributed by atoms with Crippen LogP contribution in [-0.2, 0) is 9.59 Å². The molecule has 2 aliphatic heterocycles. The molecule has 3 N–H and O–H groups in total. The van der Waals surface area contributed by atoms with Crippen LogP contribution in [0.15, 0.2) is 134 Å². The smallest absolute Gasteiger partial charge is 0.369 e. The van der Waals surface area contributed by atoms with Crippen molar-refractivity contribution in [3.63, 3.8) is 0 Å². The van der Waals surface area contributed by atoms with Gasteiger partial charge < -0.3 is 30.3 Å². The third kappa shape index (κ3) is 12.4. The number of phenolic OH excluding ortho intramolecular Hbond substituents is 1. The Morgan fingerprint density at radius 3 is 1.51 bits per heavy atom. The zero-order chi connectivity index (χ0) is 55.6. The van der Waals surface area contributed by atoms with Crippen LogP contribution in [0.1, 0.15) is 51.4 Å². The minimum absolute atomic E-state index is 0.0970. The molecule has 0 unspecified atom stereocenters. The number of halogens is 3. The number of carbonyl (C=O) groups excluding carboxylic acids is 2. The molecule has 22 heteroatoms. The van der Waals surface area contributed by atoms with Crippen molar-refractivity contribution >= 4 is 118 Å². The van der Waals surface area contributed by atoms with Gasteiger partial charge in [0.25, 0.3) is 0 Å². The van der Waals surface area contributed by atoms with Crippen molar-refractivity contribution in [3.05, 3.63) is 134 Å². The van der Waals surface area contributed by atoms with Gasteiger partial charge in [-0.05, 0) is 112 Å². The molecule has 0 radical (unpaired) electrons. The van der Waals surface area contributed by atoms with Crippen LogP contribution in [0.2, 0.25) is 0 Å². The molecular formula is C59H56BBr3N14O4. The van der Waals surface area contributed by atoms with E-state index >= 15 is 0 Å². The van der Waals surface area contributed by atoms with Crippen LogP contribution in [-0.4, -0.2) is 124 Å². The summed E-state index contributed by atoms with van der Waals surface area (Å²) in [5.41, 5.74) is 6.35. The predicted octanol–water partition coefficient (Wildman–Crippen LogP) is 11.6. The van der Waals surface area contributed by atoms with Crippen LogP contribution < -0.4 is 15.4 Å². The zero-order valence-corrected chi connectivity index (χ0v) is 49.0. The minimum Gasteiger partial charge on any atom is -0.508 e. The van der Waals surface area contributed by atoms with Gasteiger partial charge in [0.15, 0.2) is 11.6 Å². The minimum atomic E-state index is 0.0970. The van der Waals surface area contributed by atoms with E-state index in [4.69, 9.17) is 34.6 Å². The summed E-state index contributed by atoms with van der Waals surface area (Å²) in [6.45, 7) is 3.01. The van der Waals surface area contributed by atoms with Crippen molar-refractivity contribution in [2.45, 2.75) is 63.5 Å². The number of piperidine rings is 2. The number of aromatic nitrogens is 10. The summed E-state index contributed by atoms with van der Waals surface area (Å²) < 4.78 is 9.69. The largest absolute Gasteiger partial charge is 0.508 e. The number of hydrogen-bond donors (Lipinski definition) is 3. The number of methoxy groups -OCH3 is 1. The molecule has 4 aliphatic rings. The molecule has 6 aromatic heterocycles. The first kappa shape index (κ1) is 54.1. The lowest BCUT2D eigenvalue weighted by atomic mass is 10.1. The number of amides is 2. The Morgan fingerprint density at radius 1 is 0.556 bits per heavy atom. The normalized spacial score (nSPS) is 17.0. The molecule has 2 saturated carbocycles. The maximum absolute atomic E-state index is 12.6. The summed E-state index contributed by atoms with van der Waals surface area (Å²) in [5, 5.41) is 19.2. The van der Waals surface area contributed by atoms with E-state index in [-0.39, 0.29) is 38.8 Å². The molecule has 0 spiro atoms. The second-order valence-electron chi connectivity index (χ2n) is 20.7. The Kier molecular flexibility index (Phi) is 15.9. The standard InChI is InChI=1S/C30H29N7O2.C29H27N7O2.BBr3/c1-39-22-11-13-26-25(17-22)34-28(24-12-10-19-5-2-3-7-23(19)33-24)37(26)27-14-15-31-30(35-27)32-21-6-4-16-36(18-21)29(38)20-8-9-20;37-21-10-12-25-24(16-21)33-27(23-11-9-18-4-1-2-6-22(18)32-23)36(25)26-13-14-30-29(34-26)31-20-5-3-15-35(17-20)28(38)19-7-8-19;2-1(3)4/h2-3,5,7,10-15,17,20-21H,4,6,8-9,16,18H2,1H3,(H,31,32,35);1-2,4,6,9-14,16,19-20,37H,3,5,7-8,15,17H2,(H,30,31,34);/t21-;20-;/m00./s1. The molecule has 8 heterocycles. The number of fused-ring (bicyclic) bond motifs is 4. The third-order valence-corrected chi connectivity index (χ3v) is 14.9. The molecule has 4 fully saturated rings. The molecule has 4 aromatic carbocycles. The molecule has 2 atom stereocenters. The summed E-state index contributed by atoms with van der Waals surface area (Å²) in [6, 6.07) is 38.9. The quantitative estimate of drug-likeness (QED) is 0.103. The molecule has 2 aliphatic carbocycles. The van der Waals surface area contributed by atoms with Gasteiger partial charge in [0.05, 0.1) is 40.2 Å². The zero-order valence-electron chi connectivity index (χ0n) is 44.2. The van der Waals surface area contributed by atoms with Gasteiger partial charge in [0, 0.05) is 85.4 Å². The average molecular weight is 1280 g/mol. The van der Waals surface area contributed by atoms with E-state index in [2.05, 4.69) is 73.9 Å². The first-order chi connectivity index (χ1) is 39.5. The topological polar surface area (TPSA) is 207 Å². The second-order valence-corrected chi connectivity index (χ2v) is 27.1. The highest BCUT2D eigenvalue weighted by Gasteiger charge is 2.37. The lowest BCUT2D eigenvalue weighted by Gasteiger charge is -2.33. The number of phenols is 1. The van der Waals surface area contributed by atoms with E-state index in [9.17, 15) is 14.7 Å². The van der Waals surface area contributed by atoms with Gasteiger partial charge in [0.1, 0.15) is 34.5 Å². The van der Waals surface area contributed by atoms with Gasteiger partial charge >= 0.3 is 3.18 Å². The number of nitrogens with zero attached hydrogens (tertiary/aromatic N) is 12. The van der Waals surface area contributed by atoms with E-state index in [1.54, 1.807) is 31.6 Å². The highest BCUT2D eigenvalue weighted by atomic mass is 79.9. The van der Waals surface area contributed by atoms with Crippen LogP contribution in [0, 0.1) is 11.8 Å². The average Bonchev–Trinajstić information content (AvgIpc) is 4.61. The summed E-state index contributed by atoms with van der Waals surface area (Å²) in [7, 11) is 1.65. The number of hydrogen-bond acceptors (Lipinski definition) is 14. The molecule has 0 bridgehead atoms. The van der Waals surface area contributed by atoms with Crippen molar-refractivity contribution in [1.82, 2.24) is 58.8 Å². The number of benzene rings is 4. The van der Waals surface area contributed by atoms with E-state index in [0.29, 0.717) is 65.4 Å². The number of pyridine rings is 2. The number of carbonyl (C=O) groups is 2. The van der Waals surface area contributed by atoms with Crippen LogP contribution >= 0.6 is 47.3 Å². The van der Waals surface area contributed by atoms with Crippen LogP contribution in [0.25, 0.3) is 78.5 Å². The number of nitrogens with one attached hydrogen (secondary N) is 2. The lowest BCUT2D eigenvalue weighted by Crippen LogP contribution is -2.45. The Labute approximate surface area is 492 Å². The van der Waals surface area contributed by atoms with E-state index < -0.39 is 0 Å². The number of likely N-dealkylation sites (tertiary alicyclic amines) is 2. The highest BCUT2D eigenvalue weighted by Crippen LogP contribution is 2.35. The number of ether oxygens (including phenoxy) is 1. The van der Waals surface area contributed by atoms with E-state index in [1.165, 1.54) is 0 Å². The maximum atomic E-state index is 12.6. The molecule has 410 valence electrons. The first-order valence-electron chi connectivity index (χ1n) is 27.2. The van der Waals surface area contributed by atoms with E-state index in [0.717, 1.165) is 114 Å². The molecule has 81 heavy (non-hydrogen) atoms. The van der Waals surface area contributed by atoms with Gasteiger partial charge in [-0.3, -0.25) is 18.7 Å². The molecule has 14 rings (SSSR count). The maximum Gasteiger partial charge on any atom is 0.369 e. The molecule has 2 saturated heterocycles. The van der Waals surface area contributed by atoms with Gasteiger partial charge in [-0.15, -0.1) is 47.3 Å². The number of rotatable bonds is 11. The lowest BCUT2D eigenvalue weighted by molar-refractivity contribution is -0.134. The van der Waals surface area contributed by atoms with Crippen molar-refractivity contribution < 1.29 is 19.4 Å². The fourth-order valence-corrected chi connectivity index (χ4v) is 10.7. The third-order valence-electron chi connectivity index (χ3n) is 14.9. The monoisotopic (exact) mass is 1270 g/mol. The van der Waals surface area contributed by atoms with E-state index in [1.807, 2.05) is 122 Å². The van der Waals surface area contributed by atoms with Gasteiger partial charge in [0.2, 0.25) is 23.7 Å². The SMILES string of the molecule is BrB(Br)Br.COc1ccc2c(c1)nc(-c1ccc3ccccc3n1)n2-c1ccnc(N[C@H]2CCCN(C(=O)C3CC3)C2)n1.O=C(C1CC1)N1CCC[C@H](Nc2nccc(-n3c(-c4ccc5ccccc5n4)nc4cc(O)ccc43)n2)C1. The Balaban J connectivity index is 0.000000151. The summed E-state index contributed by atoms with van der Waals surface area (Å²) in [6.07, 6.45) is 11.4. The highest BCUT2D eigenvalue weighted by molar-refractivity contribution is 9.69. The number of para-hydroxylation sites is 2. The number of imidazole rings is 2. The number of anilines is 2. The summed E-state index contributed by atoms with van der Waals surface area (Å²) in [5.74, 6) is 5.60.